The van der Waals surface area contributed by atoms with Gasteiger partial charge >= 0.3 is 8.25 Å². The molecule has 0 aromatic rings. The molecule has 0 atom stereocenters. The zero-order chi connectivity index (χ0) is 9.49. The minimum Gasteiger partial charge on any atom is -0.390 e. The second kappa shape index (κ2) is 6.68. The van der Waals surface area contributed by atoms with Crippen LogP contribution in [0.2, 0.25) is 0 Å². The Morgan fingerprint density at radius 1 is 1.27 bits per heavy atom. The molecular formula is C6H16O4P+. The highest BCUT2D eigenvalue weighted by Crippen LogP contribution is 2.11. The summed E-state index contributed by atoms with van der Waals surface area (Å²) in [5.41, 5.74) is -0.417. The van der Waals surface area contributed by atoms with Crippen LogP contribution in [0.15, 0.2) is 0 Å². The molecule has 0 aromatic carbocycles. The summed E-state index contributed by atoms with van der Waals surface area (Å²) in [5, 5.41) is 9.13. The first-order chi connectivity index (χ1) is 4.85. The van der Waals surface area contributed by atoms with Crippen molar-refractivity contribution < 1.29 is 19.5 Å². The van der Waals surface area contributed by atoms with E-state index in [9.17, 15) is 0 Å². The first kappa shape index (κ1) is 13.6. The molecule has 0 unspecified atom stereocenters. The molecule has 0 fully saturated rings. The van der Waals surface area contributed by atoms with Crippen LogP contribution in [0.25, 0.3) is 0 Å². The van der Waals surface area contributed by atoms with Crippen LogP contribution in [0, 0.1) is 0 Å². The third-order valence-electron chi connectivity index (χ3n) is 1.52. The van der Waals surface area contributed by atoms with Gasteiger partial charge in [0.2, 0.25) is 0 Å². The lowest BCUT2D eigenvalue weighted by molar-refractivity contribution is 0.0521. The molecule has 0 aliphatic heterocycles. The molecule has 3 N–H and O–H groups in total. The highest BCUT2D eigenvalue weighted by molar-refractivity contribution is 7.30. The van der Waals surface area contributed by atoms with Crippen molar-refractivity contribution in [3.63, 3.8) is 0 Å². The van der Waals surface area contributed by atoms with Crippen LogP contribution in [-0.2, 0) is 4.57 Å². The molecule has 0 heterocycles. The average Bonchev–Trinajstić information content (AvgIpc) is 1.87. The van der Waals surface area contributed by atoms with Gasteiger partial charge in [-0.15, -0.1) is 9.79 Å². The summed E-state index contributed by atoms with van der Waals surface area (Å²) >= 11 is 0. The Hall–Kier alpha value is -0.0200. The summed E-state index contributed by atoms with van der Waals surface area (Å²) in [5.74, 6) is 0. The van der Waals surface area contributed by atoms with Crippen molar-refractivity contribution in [3.8, 4) is 0 Å². The monoisotopic (exact) mass is 183 g/mol. The van der Waals surface area contributed by atoms with Crippen LogP contribution < -0.4 is 0 Å². The van der Waals surface area contributed by atoms with Crippen molar-refractivity contribution in [1.82, 2.24) is 0 Å². The van der Waals surface area contributed by atoms with E-state index in [4.69, 9.17) is 19.5 Å². The van der Waals surface area contributed by atoms with E-state index in [-0.39, 0.29) is 0 Å². The fourth-order valence-electron chi connectivity index (χ4n) is 0.250. The van der Waals surface area contributed by atoms with Crippen LogP contribution in [0.5, 0.6) is 0 Å². The largest absolute Gasteiger partial charge is 0.692 e. The fourth-order valence-corrected chi connectivity index (χ4v) is 0.250. The van der Waals surface area contributed by atoms with Crippen LogP contribution in [0.1, 0.15) is 33.6 Å². The molecule has 0 amide bonds. The van der Waals surface area contributed by atoms with Gasteiger partial charge in [0.1, 0.15) is 0 Å². The molecule has 11 heavy (non-hydrogen) atoms. The first-order valence-electron chi connectivity index (χ1n) is 3.43. The molecule has 0 aliphatic carbocycles. The normalized spacial score (nSPS) is 10.0. The highest BCUT2D eigenvalue weighted by Gasteiger charge is 2.12. The van der Waals surface area contributed by atoms with Gasteiger partial charge in [-0.25, -0.2) is 0 Å². The van der Waals surface area contributed by atoms with E-state index in [2.05, 4.69) is 0 Å². The lowest BCUT2D eigenvalue weighted by Crippen LogP contribution is -2.20. The van der Waals surface area contributed by atoms with E-state index < -0.39 is 13.9 Å². The molecule has 0 aromatic heterocycles. The Morgan fingerprint density at radius 2 is 1.45 bits per heavy atom. The summed E-state index contributed by atoms with van der Waals surface area (Å²) in [7, 11) is -2.87. The summed E-state index contributed by atoms with van der Waals surface area (Å²) < 4.78 is 8.70. The summed E-state index contributed by atoms with van der Waals surface area (Å²) in [6.07, 6.45) is 1.70. The molecule has 0 aliphatic rings. The van der Waals surface area contributed by atoms with E-state index >= 15 is 0 Å². The smallest absolute Gasteiger partial charge is 0.390 e. The van der Waals surface area contributed by atoms with Crippen LogP contribution in [-0.4, -0.2) is 20.5 Å². The molecule has 0 saturated heterocycles. The average molecular weight is 183 g/mol. The van der Waals surface area contributed by atoms with Crippen molar-refractivity contribution in [2.24, 2.45) is 0 Å². The van der Waals surface area contributed by atoms with Gasteiger partial charge in [0.25, 0.3) is 0 Å². The van der Waals surface area contributed by atoms with Gasteiger partial charge in [-0.05, 0) is 19.8 Å². The lowest BCUT2D eigenvalue weighted by atomic mass is 10.0. The Balaban J connectivity index is 0. The second-order valence-electron chi connectivity index (χ2n) is 2.46. The molecule has 0 spiro atoms. The SMILES string of the molecule is CCC(C)(O)CC.O=[P+](O)O. The Bertz CT molecular complexity index is 103. The quantitative estimate of drug-likeness (QED) is 0.562. The maximum atomic E-state index is 9.13. The van der Waals surface area contributed by atoms with Gasteiger partial charge in [0, 0.05) is 4.57 Å². The maximum absolute atomic E-state index is 9.13. The van der Waals surface area contributed by atoms with Crippen molar-refractivity contribution in [3.05, 3.63) is 0 Å². The third kappa shape index (κ3) is 17.8. The van der Waals surface area contributed by atoms with Crippen molar-refractivity contribution >= 4 is 8.25 Å². The topological polar surface area (TPSA) is 77.8 Å². The number of aliphatic hydroxyl groups is 1. The van der Waals surface area contributed by atoms with Crippen molar-refractivity contribution in [2.75, 3.05) is 0 Å². The predicted octanol–water partition coefficient (Wildman–Crippen LogP) is 1.19. The minimum atomic E-state index is -2.87. The summed E-state index contributed by atoms with van der Waals surface area (Å²) in [6, 6.07) is 0. The predicted molar refractivity (Wildman–Crippen MR) is 43.2 cm³/mol. The second-order valence-corrected chi connectivity index (χ2v) is 2.96. The van der Waals surface area contributed by atoms with E-state index in [1.807, 2.05) is 20.8 Å². The molecule has 0 saturated carbocycles. The van der Waals surface area contributed by atoms with Gasteiger partial charge in [0.05, 0.1) is 5.60 Å². The fraction of sp³-hybridized carbons (Fsp3) is 1.00. The number of hydrogen-bond acceptors (Lipinski definition) is 2. The molecule has 0 bridgehead atoms. The first-order valence-corrected chi connectivity index (χ1v) is 4.59. The van der Waals surface area contributed by atoms with Gasteiger partial charge in [-0.3, -0.25) is 0 Å². The van der Waals surface area contributed by atoms with Crippen LogP contribution in [0.3, 0.4) is 0 Å². The van der Waals surface area contributed by atoms with Crippen LogP contribution in [0.4, 0.5) is 0 Å². The molecule has 0 radical (unpaired) electrons. The lowest BCUT2D eigenvalue weighted by Gasteiger charge is -2.17. The Morgan fingerprint density at radius 3 is 1.45 bits per heavy atom. The van der Waals surface area contributed by atoms with E-state index in [1.165, 1.54) is 0 Å². The van der Waals surface area contributed by atoms with Crippen LogP contribution >= 0.6 is 8.25 Å². The van der Waals surface area contributed by atoms with Crippen molar-refractivity contribution in [2.45, 2.75) is 39.2 Å². The highest BCUT2D eigenvalue weighted by atomic mass is 31.1. The Kier molecular flexibility index (Phi) is 8.23. The Labute approximate surface area is 67.8 Å². The third-order valence-corrected chi connectivity index (χ3v) is 1.52. The standard InChI is InChI=1S/C6H14O.HO3P/c1-4-6(3,7)5-2;1-4(2)3/h7H,4-5H2,1-3H3;(H-,1,2,3)/p+1. The molecule has 4 nitrogen and oxygen atoms in total. The molecule has 0 rings (SSSR count). The van der Waals surface area contributed by atoms with Gasteiger partial charge in [-0.2, -0.15) is 0 Å². The summed E-state index contributed by atoms with van der Waals surface area (Å²) in [4.78, 5) is 14.2. The molecule has 68 valence electrons. The van der Waals surface area contributed by atoms with E-state index in [1.54, 1.807) is 0 Å². The van der Waals surface area contributed by atoms with Gasteiger partial charge in [0.15, 0.2) is 0 Å². The van der Waals surface area contributed by atoms with Crippen molar-refractivity contribution in [1.29, 1.82) is 0 Å². The number of hydrogen-bond donors (Lipinski definition) is 3. The van der Waals surface area contributed by atoms with Gasteiger partial charge < -0.3 is 5.11 Å². The zero-order valence-electron chi connectivity index (χ0n) is 7.11. The zero-order valence-corrected chi connectivity index (χ0v) is 8.01. The van der Waals surface area contributed by atoms with E-state index in [0.717, 1.165) is 12.8 Å². The molecule has 5 heteroatoms. The molecular weight excluding hydrogens is 167 g/mol. The summed E-state index contributed by atoms with van der Waals surface area (Å²) in [6.45, 7) is 5.83. The van der Waals surface area contributed by atoms with Gasteiger partial charge in [-0.1, -0.05) is 13.8 Å². The maximum Gasteiger partial charge on any atom is 0.692 e. The minimum absolute atomic E-state index is 0.417. The number of rotatable bonds is 2. The van der Waals surface area contributed by atoms with E-state index in [0.29, 0.717) is 0 Å².